The Kier molecular flexibility index (Phi) is 2.26. The first kappa shape index (κ1) is 9.83. The monoisotopic (exact) mass is 206 g/mol. The quantitative estimate of drug-likeness (QED) is 0.767. The number of rotatable bonds is 2. The molecule has 0 radical (unpaired) electrons. The van der Waals surface area contributed by atoms with Crippen molar-refractivity contribution in [2.24, 2.45) is 10.7 Å². The van der Waals surface area contributed by atoms with E-state index in [0.717, 1.165) is 12.0 Å². The average molecular weight is 206 g/mol. The van der Waals surface area contributed by atoms with Crippen LogP contribution in [-0.4, -0.2) is 17.7 Å². The smallest absolute Gasteiger partial charge is 0.283 e. The van der Waals surface area contributed by atoms with Gasteiger partial charge in [0.2, 0.25) is 0 Å². The van der Waals surface area contributed by atoms with Gasteiger partial charge in [0.15, 0.2) is 0 Å². The molecule has 1 unspecified atom stereocenters. The van der Waals surface area contributed by atoms with Crippen molar-refractivity contribution in [3.63, 3.8) is 0 Å². The standard InChI is InChI=1S/C11H14N2O2/c1-2-11(7-15-10(12)13-11)8-3-5-9(14)6-4-8/h3-6,14H,2,7H2,1H3,(H2,12,13). The topological polar surface area (TPSA) is 67.8 Å². The summed E-state index contributed by atoms with van der Waals surface area (Å²) in [5.74, 6) is 0.251. The Bertz CT molecular complexity index is 386. The Labute approximate surface area is 88.4 Å². The number of benzene rings is 1. The van der Waals surface area contributed by atoms with Crippen LogP contribution in [-0.2, 0) is 10.3 Å². The number of aromatic hydroxyl groups is 1. The van der Waals surface area contributed by atoms with E-state index in [1.165, 1.54) is 0 Å². The van der Waals surface area contributed by atoms with Gasteiger partial charge >= 0.3 is 0 Å². The van der Waals surface area contributed by atoms with Crippen LogP contribution in [0.25, 0.3) is 0 Å². The minimum absolute atomic E-state index is 0.241. The summed E-state index contributed by atoms with van der Waals surface area (Å²) in [6.45, 7) is 2.51. The molecule has 0 amide bonds. The van der Waals surface area contributed by atoms with Gasteiger partial charge < -0.3 is 15.6 Å². The first-order valence-corrected chi connectivity index (χ1v) is 4.94. The number of nitrogens with zero attached hydrogens (tertiary/aromatic N) is 1. The van der Waals surface area contributed by atoms with Gasteiger partial charge in [0, 0.05) is 0 Å². The second-order valence-corrected chi connectivity index (χ2v) is 3.67. The van der Waals surface area contributed by atoms with Crippen molar-refractivity contribution in [2.75, 3.05) is 6.61 Å². The van der Waals surface area contributed by atoms with Crippen LogP contribution in [0.3, 0.4) is 0 Å². The number of phenolic OH excluding ortho intramolecular Hbond substituents is 1. The highest BCUT2D eigenvalue weighted by atomic mass is 16.5. The molecule has 0 saturated carbocycles. The summed E-state index contributed by atoms with van der Waals surface area (Å²) in [6.07, 6.45) is 0.818. The van der Waals surface area contributed by atoms with Crippen molar-refractivity contribution in [2.45, 2.75) is 18.9 Å². The zero-order chi connectivity index (χ0) is 10.9. The molecule has 1 aromatic rings. The van der Waals surface area contributed by atoms with Crippen LogP contribution in [0.2, 0.25) is 0 Å². The van der Waals surface area contributed by atoms with Crippen molar-refractivity contribution in [1.29, 1.82) is 0 Å². The molecule has 0 fully saturated rings. The number of aliphatic imine (C=N–C) groups is 1. The third-order valence-corrected chi connectivity index (χ3v) is 2.77. The third kappa shape index (κ3) is 1.63. The molecule has 3 N–H and O–H groups in total. The molecular weight excluding hydrogens is 192 g/mol. The Hall–Kier alpha value is -1.71. The van der Waals surface area contributed by atoms with Crippen LogP contribution >= 0.6 is 0 Å². The Morgan fingerprint density at radius 3 is 2.60 bits per heavy atom. The average Bonchev–Trinajstić information content (AvgIpc) is 2.62. The van der Waals surface area contributed by atoms with Crippen LogP contribution in [0.4, 0.5) is 0 Å². The van der Waals surface area contributed by atoms with Crippen LogP contribution in [0, 0.1) is 0 Å². The second-order valence-electron chi connectivity index (χ2n) is 3.67. The van der Waals surface area contributed by atoms with E-state index in [1.807, 2.05) is 19.1 Å². The number of hydrogen-bond donors (Lipinski definition) is 2. The summed E-state index contributed by atoms with van der Waals surface area (Å²) >= 11 is 0. The molecule has 1 aromatic carbocycles. The lowest BCUT2D eigenvalue weighted by molar-refractivity contribution is 0.248. The lowest BCUT2D eigenvalue weighted by Gasteiger charge is -2.22. The lowest BCUT2D eigenvalue weighted by Crippen LogP contribution is -2.24. The van der Waals surface area contributed by atoms with Gasteiger partial charge in [-0.1, -0.05) is 19.1 Å². The second kappa shape index (κ2) is 3.46. The fourth-order valence-corrected chi connectivity index (χ4v) is 1.77. The molecule has 1 aliphatic rings. The molecule has 2 rings (SSSR count). The maximum atomic E-state index is 9.22. The van der Waals surface area contributed by atoms with Crippen molar-refractivity contribution in [3.05, 3.63) is 29.8 Å². The SMILES string of the molecule is CCC1(c2ccc(O)cc2)COC(N)=N1. The highest BCUT2D eigenvalue weighted by molar-refractivity contribution is 5.74. The van der Waals surface area contributed by atoms with Crippen LogP contribution in [0.1, 0.15) is 18.9 Å². The van der Waals surface area contributed by atoms with Crippen molar-refractivity contribution >= 4 is 6.02 Å². The number of hydrogen-bond acceptors (Lipinski definition) is 4. The molecule has 0 bridgehead atoms. The van der Waals surface area contributed by atoms with Gasteiger partial charge in [0.25, 0.3) is 6.02 Å². The Morgan fingerprint density at radius 2 is 2.13 bits per heavy atom. The lowest BCUT2D eigenvalue weighted by atomic mass is 9.89. The molecule has 15 heavy (non-hydrogen) atoms. The molecule has 0 aromatic heterocycles. The van der Waals surface area contributed by atoms with Crippen molar-refractivity contribution < 1.29 is 9.84 Å². The van der Waals surface area contributed by atoms with E-state index in [0.29, 0.717) is 6.61 Å². The van der Waals surface area contributed by atoms with E-state index in [4.69, 9.17) is 10.5 Å². The van der Waals surface area contributed by atoms with Crippen LogP contribution < -0.4 is 5.73 Å². The predicted molar refractivity (Wildman–Crippen MR) is 57.7 cm³/mol. The number of phenols is 1. The van der Waals surface area contributed by atoms with Gasteiger partial charge in [-0.05, 0) is 24.1 Å². The fourth-order valence-electron chi connectivity index (χ4n) is 1.77. The van der Waals surface area contributed by atoms with Gasteiger partial charge in [-0.15, -0.1) is 0 Å². The zero-order valence-corrected chi connectivity index (χ0v) is 8.60. The highest BCUT2D eigenvalue weighted by Gasteiger charge is 2.36. The summed E-state index contributed by atoms with van der Waals surface area (Å²) in [6, 6.07) is 7.24. The van der Waals surface area contributed by atoms with Gasteiger partial charge in [-0.2, -0.15) is 0 Å². The van der Waals surface area contributed by atoms with Gasteiger partial charge in [0.05, 0.1) is 0 Å². The Morgan fingerprint density at radius 1 is 1.47 bits per heavy atom. The van der Waals surface area contributed by atoms with Crippen molar-refractivity contribution in [3.8, 4) is 5.75 Å². The van der Waals surface area contributed by atoms with Crippen molar-refractivity contribution in [1.82, 2.24) is 0 Å². The molecule has 1 atom stereocenters. The first-order valence-electron chi connectivity index (χ1n) is 4.94. The summed E-state index contributed by atoms with van der Waals surface area (Å²) in [7, 11) is 0. The van der Waals surface area contributed by atoms with Crippen LogP contribution in [0.5, 0.6) is 5.75 Å². The van der Waals surface area contributed by atoms with E-state index in [1.54, 1.807) is 12.1 Å². The summed E-state index contributed by atoms with van der Waals surface area (Å²) in [5.41, 5.74) is 6.17. The molecule has 4 nitrogen and oxygen atoms in total. The molecule has 0 spiro atoms. The van der Waals surface area contributed by atoms with Gasteiger partial charge in [-0.3, -0.25) is 0 Å². The molecule has 4 heteroatoms. The third-order valence-electron chi connectivity index (χ3n) is 2.77. The van der Waals surface area contributed by atoms with Gasteiger partial charge in [-0.25, -0.2) is 4.99 Å². The van der Waals surface area contributed by atoms with E-state index in [2.05, 4.69) is 4.99 Å². The van der Waals surface area contributed by atoms with Gasteiger partial charge in [0.1, 0.15) is 17.9 Å². The highest BCUT2D eigenvalue weighted by Crippen LogP contribution is 2.34. The zero-order valence-electron chi connectivity index (χ0n) is 8.60. The maximum absolute atomic E-state index is 9.22. The number of amidine groups is 1. The van der Waals surface area contributed by atoms with E-state index in [9.17, 15) is 5.11 Å². The largest absolute Gasteiger partial charge is 0.508 e. The first-order chi connectivity index (χ1) is 7.16. The molecule has 1 aliphatic heterocycles. The molecular formula is C11H14N2O2. The fraction of sp³-hybridized carbons (Fsp3) is 0.364. The van der Waals surface area contributed by atoms with E-state index in [-0.39, 0.29) is 17.3 Å². The van der Waals surface area contributed by atoms with E-state index >= 15 is 0 Å². The van der Waals surface area contributed by atoms with E-state index < -0.39 is 0 Å². The molecule has 1 heterocycles. The maximum Gasteiger partial charge on any atom is 0.283 e. The number of nitrogens with two attached hydrogens (primary N) is 1. The summed E-state index contributed by atoms with van der Waals surface area (Å²) in [4.78, 5) is 4.33. The summed E-state index contributed by atoms with van der Waals surface area (Å²) in [5, 5.41) is 9.22. The molecule has 0 aliphatic carbocycles. The summed E-state index contributed by atoms with van der Waals surface area (Å²) < 4.78 is 5.21. The van der Waals surface area contributed by atoms with Crippen LogP contribution in [0.15, 0.2) is 29.3 Å². The normalized spacial score (nSPS) is 24.7. The number of ether oxygens (including phenoxy) is 1. The molecule has 80 valence electrons. The minimum Gasteiger partial charge on any atom is -0.508 e. The molecule has 0 saturated heterocycles. The Balaban J connectivity index is 2.39. The predicted octanol–water partition coefficient (Wildman–Crippen LogP) is 1.34. The minimum atomic E-state index is -0.377.